The first kappa shape index (κ1) is 20.3. The second-order valence-corrected chi connectivity index (χ2v) is 6.59. The van der Waals surface area contributed by atoms with E-state index in [2.05, 4.69) is 9.72 Å². The predicted molar refractivity (Wildman–Crippen MR) is 102 cm³/mol. The SMILES string of the molecule is COC(=O)c1ccc(CC(=O)N2C[C@@H](Oc3ccccc3)C[C@H]2C(=O)OC)cn1. The molecule has 0 spiro atoms. The number of para-hydroxylation sites is 1. The highest BCUT2D eigenvalue weighted by molar-refractivity contribution is 5.88. The second-order valence-electron chi connectivity index (χ2n) is 6.59. The Kier molecular flexibility index (Phi) is 6.43. The van der Waals surface area contributed by atoms with Gasteiger partial charge in [-0.2, -0.15) is 0 Å². The van der Waals surface area contributed by atoms with E-state index in [1.165, 1.54) is 31.4 Å². The third-order valence-corrected chi connectivity index (χ3v) is 4.68. The zero-order chi connectivity index (χ0) is 20.8. The van der Waals surface area contributed by atoms with E-state index >= 15 is 0 Å². The third-order valence-electron chi connectivity index (χ3n) is 4.68. The summed E-state index contributed by atoms with van der Waals surface area (Å²) in [6.45, 7) is 0.279. The second kappa shape index (κ2) is 9.18. The van der Waals surface area contributed by atoms with Gasteiger partial charge in [0, 0.05) is 12.6 Å². The van der Waals surface area contributed by atoms with E-state index in [1.54, 1.807) is 6.07 Å². The van der Waals surface area contributed by atoms with Crippen molar-refractivity contribution in [3.63, 3.8) is 0 Å². The molecule has 29 heavy (non-hydrogen) atoms. The molecule has 0 radical (unpaired) electrons. The number of likely N-dealkylation sites (tertiary alicyclic amines) is 1. The molecule has 1 fully saturated rings. The van der Waals surface area contributed by atoms with Crippen molar-refractivity contribution < 1.29 is 28.6 Å². The fraction of sp³-hybridized carbons (Fsp3) is 0.333. The van der Waals surface area contributed by atoms with Gasteiger partial charge >= 0.3 is 11.9 Å². The van der Waals surface area contributed by atoms with E-state index in [4.69, 9.17) is 9.47 Å². The van der Waals surface area contributed by atoms with Crippen molar-refractivity contribution in [2.45, 2.75) is 25.0 Å². The van der Waals surface area contributed by atoms with Gasteiger partial charge in [0.15, 0.2) is 0 Å². The quantitative estimate of drug-likeness (QED) is 0.683. The Labute approximate surface area is 168 Å². The lowest BCUT2D eigenvalue weighted by Gasteiger charge is -2.22. The van der Waals surface area contributed by atoms with Gasteiger partial charge in [-0.25, -0.2) is 14.6 Å². The lowest BCUT2D eigenvalue weighted by atomic mass is 10.1. The summed E-state index contributed by atoms with van der Waals surface area (Å²) >= 11 is 0. The third kappa shape index (κ3) is 4.90. The molecule has 1 aromatic carbocycles. The molecular formula is C21H22N2O6. The van der Waals surface area contributed by atoms with E-state index in [0.717, 1.165) is 0 Å². The summed E-state index contributed by atoms with van der Waals surface area (Å²) < 4.78 is 15.4. The molecule has 2 heterocycles. The summed E-state index contributed by atoms with van der Waals surface area (Å²) in [5.74, 6) is -0.587. The zero-order valence-corrected chi connectivity index (χ0v) is 16.2. The van der Waals surface area contributed by atoms with Crippen molar-refractivity contribution in [1.29, 1.82) is 0 Å². The normalized spacial score (nSPS) is 18.2. The minimum Gasteiger partial charge on any atom is -0.488 e. The number of amides is 1. The largest absolute Gasteiger partial charge is 0.488 e. The van der Waals surface area contributed by atoms with Crippen molar-refractivity contribution in [1.82, 2.24) is 9.88 Å². The van der Waals surface area contributed by atoms with E-state index in [0.29, 0.717) is 17.7 Å². The maximum Gasteiger partial charge on any atom is 0.356 e. The van der Waals surface area contributed by atoms with Gasteiger partial charge in [0.2, 0.25) is 5.91 Å². The van der Waals surface area contributed by atoms with E-state index in [9.17, 15) is 14.4 Å². The molecule has 1 amide bonds. The summed E-state index contributed by atoms with van der Waals surface area (Å²) in [5.41, 5.74) is 0.785. The van der Waals surface area contributed by atoms with Crippen LogP contribution in [0.1, 0.15) is 22.5 Å². The van der Waals surface area contributed by atoms with Crippen LogP contribution in [-0.2, 0) is 25.5 Å². The molecule has 2 aromatic rings. The fourth-order valence-corrected chi connectivity index (χ4v) is 3.24. The number of aromatic nitrogens is 1. The first-order valence-corrected chi connectivity index (χ1v) is 9.14. The molecule has 0 bridgehead atoms. The number of hydrogen-bond acceptors (Lipinski definition) is 7. The van der Waals surface area contributed by atoms with Gasteiger partial charge in [-0.15, -0.1) is 0 Å². The van der Waals surface area contributed by atoms with Crippen molar-refractivity contribution >= 4 is 17.8 Å². The van der Waals surface area contributed by atoms with Crippen LogP contribution < -0.4 is 4.74 Å². The standard InChI is InChI=1S/C21H22N2O6/c1-27-20(25)17-9-8-14(12-22-17)10-19(24)23-13-16(11-18(23)21(26)28-2)29-15-6-4-3-5-7-15/h3-9,12,16,18H,10-11,13H2,1-2H3/t16-,18-/m0/s1. The van der Waals surface area contributed by atoms with Crippen LogP contribution >= 0.6 is 0 Å². The molecular weight excluding hydrogens is 376 g/mol. The van der Waals surface area contributed by atoms with E-state index in [-0.39, 0.29) is 30.7 Å². The van der Waals surface area contributed by atoms with Gasteiger partial charge in [0.1, 0.15) is 23.6 Å². The van der Waals surface area contributed by atoms with Gasteiger partial charge in [0.05, 0.1) is 27.2 Å². The van der Waals surface area contributed by atoms with Gasteiger partial charge in [-0.3, -0.25) is 4.79 Å². The maximum atomic E-state index is 12.9. The van der Waals surface area contributed by atoms with Gasteiger partial charge in [-0.05, 0) is 23.8 Å². The number of carbonyl (C=O) groups is 3. The Balaban J connectivity index is 1.69. The molecule has 1 aliphatic rings. The first-order chi connectivity index (χ1) is 14.0. The number of benzene rings is 1. The average Bonchev–Trinajstić information content (AvgIpc) is 3.17. The van der Waals surface area contributed by atoms with Crippen LogP contribution in [0.25, 0.3) is 0 Å². The van der Waals surface area contributed by atoms with Crippen LogP contribution in [-0.4, -0.2) is 60.6 Å². The monoisotopic (exact) mass is 398 g/mol. The lowest BCUT2D eigenvalue weighted by molar-refractivity contribution is -0.150. The Bertz CT molecular complexity index is 868. The van der Waals surface area contributed by atoms with E-state index in [1.807, 2.05) is 30.3 Å². The van der Waals surface area contributed by atoms with Crippen LogP contribution in [0.2, 0.25) is 0 Å². The van der Waals surface area contributed by atoms with Crippen LogP contribution in [0.5, 0.6) is 5.75 Å². The molecule has 0 saturated carbocycles. The molecule has 1 aromatic heterocycles. The number of methoxy groups -OCH3 is 2. The van der Waals surface area contributed by atoms with Crippen molar-refractivity contribution in [3.8, 4) is 5.75 Å². The summed E-state index contributed by atoms with van der Waals surface area (Å²) in [6, 6.07) is 11.7. The smallest absolute Gasteiger partial charge is 0.356 e. The molecule has 0 N–H and O–H groups in total. The predicted octanol–water partition coefficient (Wildman–Crippen LogP) is 1.63. The first-order valence-electron chi connectivity index (χ1n) is 9.14. The summed E-state index contributed by atoms with van der Waals surface area (Å²) in [7, 11) is 2.57. The summed E-state index contributed by atoms with van der Waals surface area (Å²) in [5, 5.41) is 0. The molecule has 0 aliphatic carbocycles. The maximum absolute atomic E-state index is 12.9. The minimum absolute atomic E-state index is 0.0417. The molecule has 3 rings (SSSR count). The van der Waals surface area contributed by atoms with Crippen LogP contribution in [0, 0.1) is 0 Å². The molecule has 2 atom stereocenters. The summed E-state index contributed by atoms with van der Waals surface area (Å²) in [6.07, 6.45) is 1.53. The Morgan fingerprint density at radius 1 is 1.07 bits per heavy atom. The van der Waals surface area contributed by atoms with Gasteiger partial charge in [0.25, 0.3) is 0 Å². The Hall–Kier alpha value is -3.42. The number of hydrogen-bond donors (Lipinski definition) is 0. The topological polar surface area (TPSA) is 95.0 Å². The van der Waals surface area contributed by atoms with Gasteiger partial charge in [-0.1, -0.05) is 24.3 Å². The molecule has 1 aliphatic heterocycles. The summed E-state index contributed by atoms with van der Waals surface area (Å²) in [4.78, 5) is 42.0. The van der Waals surface area contributed by atoms with Crippen molar-refractivity contribution in [2.24, 2.45) is 0 Å². The number of esters is 2. The van der Waals surface area contributed by atoms with E-state index < -0.39 is 18.0 Å². The lowest BCUT2D eigenvalue weighted by Crippen LogP contribution is -2.42. The zero-order valence-electron chi connectivity index (χ0n) is 16.2. The molecule has 1 saturated heterocycles. The van der Waals surface area contributed by atoms with Crippen LogP contribution in [0.4, 0.5) is 0 Å². The highest BCUT2D eigenvalue weighted by Crippen LogP contribution is 2.24. The van der Waals surface area contributed by atoms with Crippen LogP contribution in [0.15, 0.2) is 48.7 Å². The highest BCUT2D eigenvalue weighted by atomic mass is 16.5. The van der Waals surface area contributed by atoms with Crippen molar-refractivity contribution in [2.75, 3.05) is 20.8 Å². The van der Waals surface area contributed by atoms with Crippen molar-refractivity contribution in [3.05, 3.63) is 59.9 Å². The fourth-order valence-electron chi connectivity index (χ4n) is 3.24. The number of ether oxygens (including phenoxy) is 3. The highest BCUT2D eigenvalue weighted by Gasteiger charge is 2.41. The molecule has 8 nitrogen and oxygen atoms in total. The number of rotatable bonds is 6. The number of nitrogens with zero attached hydrogens (tertiary/aromatic N) is 2. The molecule has 0 unspecified atom stereocenters. The molecule has 8 heteroatoms. The molecule has 152 valence electrons. The Morgan fingerprint density at radius 2 is 1.83 bits per heavy atom. The average molecular weight is 398 g/mol. The Morgan fingerprint density at radius 3 is 2.45 bits per heavy atom. The number of carbonyl (C=O) groups excluding carboxylic acids is 3. The van der Waals surface area contributed by atoms with Gasteiger partial charge < -0.3 is 19.1 Å². The van der Waals surface area contributed by atoms with Crippen LogP contribution in [0.3, 0.4) is 0 Å². The minimum atomic E-state index is -0.705. The number of pyridine rings is 1.